The third kappa shape index (κ3) is 4.73. The van der Waals surface area contributed by atoms with Gasteiger partial charge in [-0.15, -0.1) is 0 Å². The molecule has 0 fully saturated rings. The van der Waals surface area contributed by atoms with Gasteiger partial charge in [-0.25, -0.2) is 15.0 Å². The average molecular weight is 470 g/mol. The second-order valence-electron chi connectivity index (χ2n) is 8.54. The number of anilines is 1. The maximum absolute atomic E-state index is 13.4. The molecule has 0 saturated carbocycles. The zero-order valence-corrected chi connectivity index (χ0v) is 19.5. The second kappa shape index (κ2) is 9.04. The van der Waals surface area contributed by atoms with Crippen molar-refractivity contribution in [3.8, 4) is 0 Å². The minimum Gasteiger partial charge on any atom is -0.363 e. The summed E-state index contributed by atoms with van der Waals surface area (Å²) >= 11 is 0. The number of benzene rings is 1. The molecule has 1 aromatic carbocycles. The van der Waals surface area contributed by atoms with E-state index in [9.17, 15) is 18.0 Å². The molecular formula is C25H26F3N5O. The molecule has 1 aliphatic heterocycles. The van der Waals surface area contributed by atoms with Crippen molar-refractivity contribution < 1.29 is 18.0 Å². The average Bonchev–Trinajstić information content (AvgIpc) is 2.78. The number of nitrogens with one attached hydrogen (secondary N) is 1. The Kier molecular flexibility index (Phi) is 6.29. The molecular weight excluding hydrogens is 443 g/mol. The molecule has 1 amide bonds. The van der Waals surface area contributed by atoms with Gasteiger partial charge in [0.05, 0.1) is 17.0 Å². The van der Waals surface area contributed by atoms with Crippen LogP contribution in [0.5, 0.6) is 0 Å². The maximum atomic E-state index is 13.4. The van der Waals surface area contributed by atoms with E-state index in [1.807, 2.05) is 19.1 Å². The van der Waals surface area contributed by atoms with Gasteiger partial charge >= 0.3 is 6.18 Å². The van der Waals surface area contributed by atoms with Crippen molar-refractivity contribution in [2.75, 3.05) is 18.4 Å². The zero-order chi connectivity index (χ0) is 24.6. The van der Waals surface area contributed by atoms with E-state index in [-0.39, 0.29) is 11.5 Å². The van der Waals surface area contributed by atoms with Gasteiger partial charge in [0, 0.05) is 26.2 Å². The van der Waals surface area contributed by atoms with Crippen molar-refractivity contribution in [2.45, 2.75) is 46.3 Å². The first kappa shape index (κ1) is 23.7. The standard InChI is InChI=1S/C25H26F3N5O/c1-14-20(6-5-7-22(14)25(26,27)28)15(2)30-24-21-12-19(13-29-23(21)31-16(3)32-24)18-8-10-33(11-9-18)17(4)34/h5-8,12-13,15H,9-11H2,1-4H3,(H,29,30,31,32)/t15-/m1/s1. The van der Waals surface area contributed by atoms with E-state index in [1.54, 1.807) is 31.0 Å². The van der Waals surface area contributed by atoms with E-state index in [1.165, 1.54) is 13.0 Å². The van der Waals surface area contributed by atoms with Crippen LogP contribution in [-0.4, -0.2) is 38.8 Å². The minimum absolute atomic E-state index is 0.0428. The predicted molar refractivity (Wildman–Crippen MR) is 125 cm³/mol. The summed E-state index contributed by atoms with van der Waals surface area (Å²) in [6, 6.07) is 5.73. The summed E-state index contributed by atoms with van der Waals surface area (Å²) in [5.41, 5.74) is 2.59. The Morgan fingerprint density at radius 1 is 1.21 bits per heavy atom. The molecule has 178 valence electrons. The summed E-state index contributed by atoms with van der Waals surface area (Å²) in [5, 5.41) is 3.97. The first-order chi connectivity index (χ1) is 16.0. The lowest BCUT2D eigenvalue weighted by Gasteiger charge is -2.25. The molecule has 0 saturated heterocycles. The lowest BCUT2D eigenvalue weighted by Crippen LogP contribution is -2.32. The molecule has 6 nitrogen and oxygen atoms in total. The Balaban J connectivity index is 1.69. The third-order valence-corrected chi connectivity index (χ3v) is 6.19. The van der Waals surface area contributed by atoms with Crippen molar-refractivity contribution in [2.24, 2.45) is 0 Å². The van der Waals surface area contributed by atoms with E-state index in [0.717, 1.165) is 17.2 Å². The van der Waals surface area contributed by atoms with Crippen LogP contribution in [0.4, 0.5) is 19.0 Å². The normalized spacial score (nSPS) is 15.3. The highest BCUT2D eigenvalue weighted by molar-refractivity contribution is 5.89. The number of pyridine rings is 1. The summed E-state index contributed by atoms with van der Waals surface area (Å²) < 4.78 is 40.2. The highest BCUT2D eigenvalue weighted by atomic mass is 19.4. The van der Waals surface area contributed by atoms with E-state index in [2.05, 4.69) is 20.3 Å². The molecule has 2 aromatic heterocycles. The number of halogens is 3. The maximum Gasteiger partial charge on any atom is 0.416 e. The second-order valence-corrected chi connectivity index (χ2v) is 8.54. The van der Waals surface area contributed by atoms with Crippen LogP contribution in [0.15, 0.2) is 36.5 Å². The first-order valence-electron chi connectivity index (χ1n) is 11.1. The topological polar surface area (TPSA) is 71.0 Å². The van der Waals surface area contributed by atoms with Crippen LogP contribution in [0.3, 0.4) is 0 Å². The monoisotopic (exact) mass is 469 g/mol. The number of hydrogen-bond donors (Lipinski definition) is 1. The Labute approximate surface area is 195 Å². The lowest BCUT2D eigenvalue weighted by atomic mass is 9.97. The quantitative estimate of drug-likeness (QED) is 0.549. The molecule has 0 bridgehead atoms. The van der Waals surface area contributed by atoms with E-state index < -0.39 is 17.8 Å². The van der Waals surface area contributed by atoms with Crippen LogP contribution in [0, 0.1) is 13.8 Å². The van der Waals surface area contributed by atoms with Crippen LogP contribution in [0.2, 0.25) is 0 Å². The van der Waals surface area contributed by atoms with Gasteiger partial charge in [-0.1, -0.05) is 18.2 Å². The fraction of sp³-hybridized carbons (Fsp3) is 0.360. The van der Waals surface area contributed by atoms with Crippen molar-refractivity contribution in [3.63, 3.8) is 0 Å². The highest BCUT2D eigenvalue weighted by Crippen LogP contribution is 2.35. The predicted octanol–water partition coefficient (Wildman–Crippen LogP) is 5.47. The van der Waals surface area contributed by atoms with Gasteiger partial charge in [0.2, 0.25) is 5.91 Å². The van der Waals surface area contributed by atoms with Gasteiger partial charge in [-0.05, 0) is 61.6 Å². The van der Waals surface area contributed by atoms with Gasteiger partial charge in [0.15, 0.2) is 5.65 Å². The summed E-state index contributed by atoms with van der Waals surface area (Å²) in [6.07, 6.45) is 0.0727. The highest BCUT2D eigenvalue weighted by Gasteiger charge is 2.33. The van der Waals surface area contributed by atoms with Gasteiger partial charge in [-0.2, -0.15) is 13.2 Å². The number of carbonyl (C=O) groups excluding carboxylic acids is 1. The number of amides is 1. The van der Waals surface area contributed by atoms with Crippen LogP contribution in [0.1, 0.15) is 54.4 Å². The van der Waals surface area contributed by atoms with Crippen molar-refractivity contribution in [1.29, 1.82) is 0 Å². The molecule has 3 aromatic rings. The fourth-order valence-electron chi connectivity index (χ4n) is 4.34. The molecule has 0 unspecified atom stereocenters. The Hall–Kier alpha value is -3.49. The van der Waals surface area contributed by atoms with Crippen LogP contribution in [0.25, 0.3) is 16.6 Å². The summed E-state index contributed by atoms with van der Waals surface area (Å²) in [4.78, 5) is 26.8. The van der Waals surface area contributed by atoms with Crippen LogP contribution >= 0.6 is 0 Å². The smallest absolute Gasteiger partial charge is 0.363 e. The lowest BCUT2D eigenvalue weighted by molar-refractivity contribution is -0.138. The van der Waals surface area contributed by atoms with E-state index in [0.29, 0.717) is 47.7 Å². The van der Waals surface area contributed by atoms with Crippen molar-refractivity contribution in [3.05, 3.63) is 64.6 Å². The number of aromatic nitrogens is 3. The minimum atomic E-state index is -4.41. The van der Waals surface area contributed by atoms with Gasteiger partial charge in [0.25, 0.3) is 0 Å². The SMILES string of the molecule is CC(=O)N1CC=C(c2cnc3nc(C)nc(N[C@H](C)c4cccc(C(F)(F)F)c4C)c3c2)CC1. The number of nitrogens with zero attached hydrogens (tertiary/aromatic N) is 4. The van der Waals surface area contributed by atoms with Crippen LogP contribution in [-0.2, 0) is 11.0 Å². The fourth-order valence-corrected chi connectivity index (χ4v) is 4.34. The Bertz CT molecular complexity index is 1290. The molecule has 1 N–H and O–H groups in total. The number of hydrogen-bond acceptors (Lipinski definition) is 5. The molecule has 4 rings (SSSR count). The Morgan fingerprint density at radius 2 is 1.97 bits per heavy atom. The van der Waals surface area contributed by atoms with E-state index >= 15 is 0 Å². The zero-order valence-electron chi connectivity index (χ0n) is 19.5. The molecule has 1 atom stereocenters. The molecule has 3 heterocycles. The van der Waals surface area contributed by atoms with Crippen LogP contribution < -0.4 is 5.32 Å². The molecule has 34 heavy (non-hydrogen) atoms. The number of alkyl halides is 3. The summed E-state index contributed by atoms with van der Waals surface area (Å²) in [6.45, 7) is 7.79. The number of aryl methyl sites for hydroxylation is 1. The Morgan fingerprint density at radius 3 is 2.62 bits per heavy atom. The molecule has 1 aliphatic rings. The van der Waals surface area contributed by atoms with Gasteiger partial charge in [0.1, 0.15) is 11.6 Å². The number of rotatable bonds is 4. The van der Waals surface area contributed by atoms with Gasteiger partial charge < -0.3 is 10.2 Å². The summed E-state index contributed by atoms with van der Waals surface area (Å²) in [7, 11) is 0. The number of carbonyl (C=O) groups is 1. The molecule has 0 radical (unpaired) electrons. The molecule has 9 heteroatoms. The van der Waals surface area contributed by atoms with Crippen molar-refractivity contribution in [1.82, 2.24) is 19.9 Å². The molecule has 0 spiro atoms. The summed E-state index contributed by atoms with van der Waals surface area (Å²) in [5.74, 6) is 1.07. The number of fused-ring (bicyclic) bond motifs is 1. The van der Waals surface area contributed by atoms with E-state index in [4.69, 9.17) is 0 Å². The first-order valence-corrected chi connectivity index (χ1v) is 11.1. The largest absolute Gasteiger partial charge is 0.416 e. The van der Waals surface area contributed by atoms with Crippen molar-refractivity contribution >= 4 is 28.3 Å². The van der Waals surface area contributed by atoms with Gasteiger partial charge in [-0.3, -0.25) is 4.79 Å². The third-order valence-electron chi connectivity index (χ3n) is 6.19. The molecule has 0 aliphatic carbocycles.